The lowest BCUT2D eigenvalue weighted by Crippen LogP contribution is -1.94. The predicted octanol–water partition coefficient (Wildman–Crippen LogP) is 3.07. The summed E-state index contributed by atoms with van der Waals surface area (Å²) < 4.78 is 11.8. The molecule has 0 heterocycles. The molecule has 84 valence electrons. The van der Waals surface area contributed by atoms with Crippen molar-refractivity contribution >= 4 is 10.8 Å². The van der Waals surface area contributed by atoms with Crippen LogP contribution in [0.15, 0.2) is 41.3 Å². The van der Waals surface area contributed by atoms with Gasteiger partial charge in [-0.2, -0.15) is 0 Å². The van der Waals surface area contributed by atoms with Gasteiger partial charge in [-0.15, -0.1) is 12.3 Å². The SMILES string of the molecule is C#CCC/C=C/CS(=O)c1ccc(C)cc1. The molecule has 1 unspecified atom stereocenters. The average molecular weight is 232 g/mol. The van der Waals surface area contributed by atoms with Gasteiger partial charge in [0.05, 0.1) is 10.8 Å². The number of benzene rings is 1. The maximum Gasteiger partial charge on any atom is 0.0567 e. The zero-order valence-corrected chi connectivity index (χ0v) is 10.3. The summed E-state index contributed by atoms with van der Waals surface area (Å²) >= 11 is 0. The molecule has 0 spiro atoms. The van der Waals surface area contributed by atoms with Crippen LogP contribution in [-0.2, 0) is 10.8 Å². The van der Waals surface area contributed by atoms with Crippen molar-refractivity contribution in [3.8, 4) is 12.3 Å². The molecule has 1 aromatic rings. The summed E-state index contributed by atoms with van der Waals surface area (Å²) in [5, 5.41) is 0. The Bertz CT molecular complexity index is 409. The third-order valence-corrected chi connectivity index (χ3v) is 3.45. The monoisotopic (exact) mass is 232 g/mol. The van der Waals surface area contributed by atoms with E-state index < -0.39 is 10.8 Å². The first-order valence-electron chi connectivity index (χ1n) is 5.27. The Hall–Kier alpha value is -1.33. The number of hydrogen-bond donors (Lipinski definition) is 0. The highest BCUT2D eigenvalue weighted by Crippen LogP contribution is 2.08. The van der Waals surface area contributed by atoms with Crippen LogP contribution >= 0.6 is 0 Å². The molecule has 0 aliphatic rings. The summed E-state index contributed by atoms with van der Waals surface area (Å²) in [6, 6.07) is 7.80. The van der Waals surface area contributed by atoms with E-state index in [9.17, 15) is 4.21 Å². The number of terminal acetylenes is 1. The zero-order valence-electron chi connectivity index (χ0n) is 9.48. The highest BCUT2D eigenvalue weighted by atomic mass is 32.2. The van der Waals surface area contributed by atoms with E-state index >= 15 is 0 Å². The normalized spacial score (nSPS) is 12.5. The lowest BCUT2D eigenvalue weighted by Gasteiger charge is -1.99. The van der Waals surface area contributed by atoms with Gasteiger partial charge in [0.2, 0.25) is 0 Å². The fraction of sp³-hybridized carbons (Fsp3) is 0.286. The lowest BCUT2D eigenvalue weighted by atomic mass is 10.2. The molecule has 1 atom stereocenters. The first-order valence-corrected chi connectivity index (χ1v) is 6.59. The molecule has 0 saturated heterocycles. The molecule has 16 heavy (non-hydrogen) atoms. The number of hydrogen-bond acceptors (Lipinski definition) is 1. The van der Waals surface area contributed by atoms with Crippen molar-refractivity contribution < 1.29 is 4.21 Å². The fourth-order valence-electron chi connectivity index (χ4n) is 1.23. The maximum absolute atomic E-state index is 11.8. The highest BCUT2D eigenvalue weighted by molar-refractivity contribution is 7.85. The Morgan fingerprint density at radius 1 is 1.31 bits per heavy atom. The van der Waals surface area contributed by atoms with E-state index in [1.165, 1.54) is 5.56 Å². The van der Waals surface area contributed by atoms with Crippen molar-refractivity contribution in [1.82, 2.24) is 0 Å². The lowest BCUT2D eigenvalue weighted by molar-refractivity contribution is 0.685. The van der Waals surface area contributed by atoms with Crippen LogP contribution in [0.25, 0.3) is 0 Å². The van der Waals surface area contributed by atoms with Crippen LogP contribution in [0.5, 0.6) is 0 Å². The van der Waals surface area contributed by atoms with Crippen LogP contribution in [0.2, 0.25) is 0 Å². The van der Waals surface area contributed by atoms with Gasteiger partial charge >= 0.3 is 0 Å². The number of aryl methyl sites for hydroxylation is 1. The zero-order chi connectivity index (χ0) is 11.8. The van der Waals surface area contributed by atoms with Gasteiger partial charge in [0, 0.05) is 17.1 Å². The van der Waals surface area contributed by atoms with Crippen molar-refractivity contribution in [2.45, 2.75) is 24.7 Å². The van der Waals surface area contributed by atoms with E-state index in [4.69, 9.17) is 6.42 Å². The first kappa shape index (κ1) is 12.7. The summed E-state index contributed by atoms with van der Waals surface area (Å²) in [6.07, 6.45) is 10.7. The molecule has 1 nitrogen and oxygen atoms in total. The van der Waals surface area contributed by atoms with E-state index in [1.54, 1.807) is 0 Å². The largest absolute Gasteiger partial charge is 0.254 e. The van der Waals surface area contributed by atoms with Crippen LogP contribution in [0.1, 0.15) is 18.4 Å². The summed E-state index contributed by atoms with van der Waals surface area (Å²) in [5.41, 5.74) is 1.19. The standard InChI is InChI=1S/C14H16OS/c1-3-4-5-6-7-12-16(15)14-10-8-13(2)9-11-14/h1,6-11H,4-5,12H2,2H3/b7-6+. The Morgan fingerprint density at radius 3 is 2.62 bits per heavy atom. The molecule has 1 rings (SSSR count). The summed E-state index contributed by atoms with van der Waals surface area (Å²) in [5.74, 6) is 3.13. The summed E-state index contributed by atoms with van der Waals surface area (Å²) in [4.78, 5) is 0.882. The molecule has 0 fully saturated rings. The number of allylic oxidation sites excluding steroid dienone is 1. The molecule has 0 aromatic heterocycles. The molecule has 0 aliphatic heterocycles. The minimum Gasteiger partial charge on any atom is -0.254 e. The summed E-state index contributed by atoms with van der Waals surface area (Å²) in [7, 11) is -0.936. The van der Waals surface area contributed by atoms with Crippen LogP contribution in [0, 0.1) is 19.3 Å². The molecule has 2 heteroatoms. The minimum atomic E-state index is -0.936. The molecule has 0 radical (unpaired) electrons. The Labute approximate surface area is 100 Å². The van der Waals surface area contributed by atoms with Gasteiger partial charge in [0.15, 0.2) is 0 Å². The topological polar surface area (TPSA) is 17.1 Å². The van der Waals surface area contributed by atoms with Crippen molar-refractivity contribution in [1.29, 1.82) is 0 Å². The van der Waals surface area contributed by atoms with Crippen LogP contribution in [0.4, 0.5) is 0 Å². The van der Waals surface area contributed by atoms with Gasteiger partial charge in [-0.1, -0.05) is 29.8 Å². The molecular weight excluding hydrogens is 216 g/mol. The van der Waals surface area contributed by atoms with Crippen molar-refractivity contribution in [2.24, 2.45) is 0 Å². The van der Waals surface area contributed by atoms with E-state index in [-0.39, 0.29) is 0 Å². The van der Waals surface area contributed by atoms with E-state index in [2.05, 4.69) is 5.92 Å². The van der Waals surface area contributed by atoms with Crippen molar-refractivity contribution in [3.05, 3.63) is 42.0 Å². The van der Waals surface area contributed by atoms with Gasteiger partial charge in [0.1, 0.15) is 0 Å². The van der Waals surface area contributed by atoms with Gasteiger partial charge < -0.3 is 0 Å². The quantitative estimate of drug-likeness (QED) is 0.433. The van der Waals surface area contributed by atoms with Gasteiger partial charge in [-0.05, 0) is 25.5 Å². The van der Waals surface area contributed by atoms with E-state index in [0.29, 0.717) is 5.75 Å². The smallest absolute Gasteiger partial charge is 0.0567 e. The number of rotatable bonds is 5. The molecule has 1 aromatic carbocycles. The minimum absolute atomic E-state index is 0.563. The van der Waals surface area contributed by atoms with Gasteiger partial charge in [-0.25, -0.2) is 0 Å². The van der Waals surface area contributed by atoms with Crippen LogP contribution in [0.3, 0.4) is 0 Å². The fourth-order valence-corrected chi connectivity index (χ4v) is 2.17. The second kappa shape index (κ2) is 7.03. The van der Waals surface area contributed by atoms with Crippen LogP contribution in [-0.4, -0.2) is 9.96 Å². The summed E-state index contributed by atoms with van der Waals surface area (Å²) in [6.45, 7) is 2.02. The molecule has 0 N–H and O–H groups in total. The maximum atomic E-state index is 11.8. The molecule has 0 aliphatic carbocycles. The van der Waals surface area contributed by atoms with Gasteiger partial charge in [0.25, 0.3) is 0 Å². The van der Waals surface area contributed by atoms with Gasteiger partial charge in [-0.3, -0.25) is 4.21 Å². The second-order valence-corrected chi connectivity index (χ2v) is 5.04. The Balaban J connectivity index is 2.44. The third-order valence-electron chi connectivity index (χ3n) is 2.15. The average Bonchev–Trinajstić information content (AvgIpc) is 2.29. The first-order chi connectivity index (χ1) is 7.74. The van der Waals surface area contributed by atoms with Crippen LogP contribution < -0.4 is 0 Å². The third kappa shape index (κ3) is 4.46. The molecule has 0 bridgehead atoms. The Kier molecular flexibility index (Phi) is 5.60. The second-order valence-electron chi connectivity index (χ2n) is 3.54. The van der Waals surface area contributed by atoms with E-state index in [1.807, 2.05) is 43.3 Å². The van der Waals surface area contributed by atoms with E-state index in [0.717, 1.165) is 17.7 Å². The molecule has 0 saturated carbocycles. The molecule has 0 amide bonds. The predicted molar refractivity (Wildman–Crippen MR) is 69.7 cm³/mol. The Morgan fingerprint density at radius 2 is 2.00 bits per heavy atom. The van der Waals surface area contributed by atoms with Crippen molar-refractivity contribution in [2.75, 3.05) is 5.75 Å². The highest BCUT2D eigenvalue weighted by Gasteiger charge is 1.99. The molecular formula is C14H16OS. The number of unbranched alkanes of at least 4 members (excludes halogenated alkanes) is 1. The van der Waals surface area contributed by atoms with Crippen molar-refractivity contribution in [3.63, 3.8) is 0 Å².